The maximum atomic E-state index is 12.9. The van der Waals surface area contributed by atoms with Gasteiger partial charge in [0.1, 0.15) is 5.76 Å². The molecule has 1 aromatic heterocycles. The van der Waals surface area contributed by atoms with Gasteiger partial charge in [-0.1, -0.05) is 40.2 Å². The molecule has 1 atom stereocenters. The van der Waals surface area contributed by atoms with Crippen LogP contribution in [0.3, 0.4) is 0 Å². The Hall–Kier alpha value is -3.37. The number of amides is 1. The van der Waals surface area contributed by atoms with Crippen LogP contribution in [0.15, 0.2) is 70.2 Å². The number of rotatable bonds is 4. The number of aliphatic hydroxyl groups is 1. The topological polar surface area (TPSA) is 114 Å². The highest BCUT2D eigenvalue weighted by atomic mass is 79.9. The molecular weight excluding hydrogens is 474 g/mol. The van der Waals surface area contributed by atoms with Gasteiger partial charge in [0.15, 0.2) is 5.13 Å². The molecular formula is C20H12BrN3O5S. The molecule has 1 N–H and O–H groups in total. The third-order valence-electron chi connectivity index (χ3n) is 4.58. The molecule has 1 amide bonds. The summed E-state index contributed by atoms with van der Waals surface area (Å²) >= 11 is 4.45. The molecule has 1 fully saturated rings. The zero-order chi connectivity index (χ0) is 21.4. The molecule has 1 saturated heterocycles. The van der Waals surface area contributed by atoms with Crippen molar-refractivity contribution >= 4 is 55.5 Å². The third kappa shape index (κ3) is 3.40. The van der Waals surface area contributed by atoms with Gasteiger partial charge >= 0.3 is 5.91 Å². The molecule has 8 nitrogen and oxygen atoms in total. The lowest BCUT2D eigenvalue weighted by atomic mass is 9.95. The highest BCUT2D eigenvalue weighted by molar-refractivity contribution is 9.10. The van der Waals surface area contributed by atoms with Gasteiger partial charge in [-0.05, 0) is 17.7 Å². The number of thiazole rings is 1. The first kappa shape index (κ1) is 19.9. The second kappa shape index (κ2) is 7.81. The zero-order valence-corrected chi connectivity index (χ0v) is 17.5. The van der Waals surface area contributed by atoms with Gasteiger partial charge < -0.3 is 5.11 Å². The SMILES string of the molecule is O=C1C(=O)N(c2nccs2)C(c2cccc([N+](=O)[O-])c2)/C1=C(/O)c1ccc(Br)cc1. The molecule has 4 rings (SSSR count). The summed E-state index contributed by atoms with van der Waals surface area (Å²) in [6.45, 7) is 0. The van der Waals surface area contributed by atoms with Crippen LogP contribution in [0.1, 0.15) is 17.2 Å². The maximum Gasteiger partial charge on any atom is 0.301 e. The number of halogens is 1. The minimum Gasteiger partial charge on any atom is -0.507 e. The van der Waals surface area contributed by atoms with Crippen molar-refractivity contribution in [2.75, 3.05) is 4.90 Å². The van der Waals surface area contributed by atoms with Gasteiger partial charge in [0.05, 0.1) is 16.5 Å². The van der Waals surface area contributed by atoms with E-state index >= 15 is 0 Å². The Labute approximate surface area is 182 Å². The van der Waals surface area contributed by atoms with Crippen molar-refractivity contribution in [1.82, 2.24) is 4.98 Å². The number of carbonyl (C=O) groups is 2. The van der Waals surface area contributed by atoms with Crippen LogP contribution in [0, 0.1) is 10.1 Å². The van der Waals surface area contributed by atoms with Gasteiger partial charge in [0.25, 0.3) is 11.5 Å². The largest absolute Gasteiger partial charge is 0.507 e. The lowest BCUT2D eigenvalue weighted by Crippen LogP contribution is -2.29. The van der Waals surface area contributed by atoms with Crippen molar-refractivity contribution in [3.05, 3.63) is 91.4 Å². The van der Waals surface area contributed by atoms with Crippen LogP contribution in [0.4, 0.5) is 10.8 Å². The second-order valence-electron chi connectivity index (χ2n) is 6.34. The Bertz CT molecular complexity index is 1190. The lowest BCUT2D eigenvalue weighted by Gasteiger charge is -2.22. The van der Waals surface area contributed by atoms with Gasteiger partial charge in [-0.3, -0.25) is 24.6 Å². The van der Waals surface area contributed by atoms with Crippen molar-refractivity contribution in [2.45, 2.75) is 6.04 Å². The molecule has 2 aromatic carbocycles. The van der Waals surface area contributed by atoms with Gasteiger partial charge in [0.2, 0.25) is 0 Å². The predicted octanol–water partition coefficient (Wildman–Crippen LogP) is 4.44. The summed E-state index contributed by atoms with van der Waals surface area (Å²) in [4.78, 5) is 41.8. The third-order valence-corrected chi connectivity index (χ3v) is 5.88. The fraction of sp³-hybridized carbons (Fsp3) is 0.0500. The van der Waals surface area contributed by atoms with Crippen LogP contribution in [0.2, 0.25) is 0 Å². The van der Waals surface area contributed by atoms with E-state index in [1.165, 1.54) is 24.4 Å². The Kier molecular flexibility index (Phi) is 5.18. The average molecular weight is 486 g/mol. The summed E-state index contributed by atoms with van der Waals surface area (Å²) in [6.07, 6.45) is 1.48. The van der Waals surface area contributed by atoms with Crippen LogP contribution in [0.25, 0.3) is 5.76 Å². The van der Waals surface area contributed by atoms with E-state index in [1.54, 1.807) is 35.7 Å². The fourth-order valence-corrected chi connectivity index (χ4v) is 4.18. The quantitative estimate of drug-likeness (QED) is 0.192. The Balaban J connectivity index is 1.95. The number of aromatic nitrogens is 1. The van der Waals surface area contributed by atoms with E-state index in [0.29, 0.717) is 11.1 Å². The number of benzene rings is 2. The highest BCUT2D eigenvalue weighted by Gasteiger charge is 2.48. The molecule has 30 heavy (non-hydrogen) atoms. The fourth-order valence-electron chi connectivity index (χ4n) is 3.25. The standard InChI is InChI=1S/C20H12BrN3O5S/c21-13-6-4-11(5-7-13)17(25)15-16(12-2-1-3-14(10-12)24(28)29)23(19(27)18(15)26)20-22-8-9-30-20/h1-10,16,25H/b17-15-. The van der Waals surface area contributed by atoms with Crippen LogP contribution < -0.4 is 4.90 Å². The van der Waals surface area contributed by atoms with E-state index < -0.39 is 22.7 Å². The predicted molar refractivity (Wildman–Crippen MR) is 114 cm³/mol. The lowest BCUT2D eigenvalue weighted by molar-refractivity contribution is -0.384. The summed E-state index contributed by atoms with van der Waals surface area (Å²) in [5, 5.41) is 24.1. The number of anilines is 1. The van der Waals surface area contributed by atoms with E-state index in [9.17, 15) is 24.8 Å². The number of nitro groups is 1. The first-order chi connectivity index (χ1) is 14.4. The number of ketones is 1. The summed E-state index contributed by atoms with van der Waals surface area (Å²) in [5.41, 5.74) is 0.307. The highest BCUT2D eigenvalue weighted by Crippen LogP contribution is 2.43. The van der Waals surface area contributed by atoms with Gasteiger partial charge in [-0.15, -0.1) is 11.3 Å². The van der Waals surface area contributed by atoms with Crippen molar-refractivity contribution in [2.24, 2.45) is 0 Å². The number of nitrogens with zero attached hydrogens (tertiary/aromatic N) is 3. The van der Waals surface area contributed by atoms with Crippen molar-refractivity contribution < 1.29 is 19.6 Å². The number of Topliss-reactive ketones (excluding diaryl/α,β-unsaturated/α-hetero) is 1. The second-order valence-corrected chi connectivity index (χ2v) is 8.13. The monoisotopic (exact) mass is 485 g/mol. The molecule has 0 radical (unpaired) electrons. The van der Waals surface area contributed by atoms with E-state index in [0.717, 1.165) is 20.7 Å². The number of nitro benzene ring substituents is 1. The molecule has 2 heterocycles. The van der Waals surface area contributed by atoms with Crippen LogP contribution in [-0.2, 0) is 9.59 Å². The number of aliphatic hydroxyl groups excluding tert-OH is 1. The Morgan fingerprint density at radius 2 is 1.93 bits per heavy atom. The minimum absolute atomic E-state index is 0.155. The number of hydrogen-bond donors (Lipinski definition) is 1. The van der Waals surface area contributed by atoms with Crippen molar-refractivity contribution in [1.29, 1.82) is 0 Å². The molecule has 0 bridgehead atoms. The number of carbonyl (C=O) groups excluding carboxylic acids is 2. The first-order valence-corrected chi connectivity index (χ1v) is 10.3. The van der Waals surface area contributed by atoms with Gasteiger partial charge in [-0.25, -0.2) is 4.98 Å². The normalized spacial score (nSPS) is 18.0. The van der Waals surface area contributed by atoms with Crippen LogP contribution in [-0.4, -0.2) is 26.7 Å². The van der Waals surface area contributed by atoms with Crippen molar-refractivity contribution in [3.8, 4) is 0 Å². The molecule has 0 aliphatic carbocycles. The van der Waals surface area contributed by atoms with Crippen molar-refractivity contribution in [3.63, 3.8) is 0 Å². The van der Waals surface area contributed by atoms with Gasteiger partial charge in [0, 0.05) is 33.7 Å². The van der Waals surface area contributed by atoms with E-state index in [1.807, 2.05) is 0 Å². The molecule has 0 spiro atoms. The molecule has 150 valence electrons. The first-order valence-electron chi connectivity index (χ1n) is 8.59. The van der Waals surface area contributed by atoms with E-state index in [-0.39, 0.29) is 22.2 Å². The Morgan fingerprint density at radius 3 is 2.57 bits per heavy atom. The van der Waals surface area contributed by atoms with E-state index in [2.05, 4.69) is 20.9 Å². The summed E-state index contributed by atoms with van der Waals surface area (Å²) in [7, 11) is 0. The summed E-state index contributed by atoms with van der Waals surface area (Å²) < 4.78 is 0.775. The average Bonchev–Trinajstić information content (AvgIpc) is 3.35. The maximum absolute atomic E-state index is 12.9. The molecule has 10 heteroatoms. The molecule has 1 aliphatic heterocycles. The number of hydrogen-bond acceptors (Lipinski definition) is 7. The smallest absolute Gasteiger partial charge is 0.301 e. The molecule has 1 aliphatic rings. The molecule has 3 aromatic rings. The molecule has 0 saturated carbocycles. The van der Waals surface area contributed by atoms with Gasteiger partial charge in [-0.2, -0.15) is 0 Å². The van der Waals surface area contributed by atoms with Crippen LogP contribution >= 0.6 is 27.3 Å². The minimum atomic E-state index is -1.06. The van der Waals surface area contributed by atoms with Crippen LogP contribution in [0.5, 0.6) is 0 Å². The zero-order valence-electron chi connectivity index (χ0n) is 15.1. The summed E-state index contributed by atoms with van der Waals surface area (Å²) in [6, 6.07) is 11.2. The number of non-ortho nitro benzene ring substituents is 1. The Morgan fingerprint density at radius 1 is 1.20 bits per heavy atom. The van der Waals surface area contributed by atoms with E-state index in [4.69, 9.17) is 0 Å². The summed E-state index contributed by atoms with van der Waals surface area (Å²) in [5.74, 6) is -2.11. The molecule has 1 unspecified atom stereocenters.